The Bertz CT molecular complexity index is 1360. The van der Waals surface area contributed by atoms with Crippen LogP contribution in [-0.4, -0.2) is 30.7 Å². The molecule has 0 saturated carbocycles. The number of H-pyrrole nitrogens is 1. The van der Waals surface area contributed by atoms with E-state index in [0.29, 0.717) is 5.69 Å². The Balaban J connectivity index is 1.36. The van der Waals surface area contributed by atoms with Crippen LogP contribution in [0.25, 0.3) is 22.0 Å². The van der Waals surface area contributed by atoms with Gasteiger partial charge in [0.1, 0.15) is 5.69 Å². The van der Waals surface area contributed by atoms with Gasteiger partial charge in [0.25, 0.3) is 0 Å². The highest BCUT2D eigenvalue weighted by Crippen LogP contribution is 2.26. The number of rotatable bonds is 7. The van der Waals surface area contributed by atoms with Gasteiger partial charge in [-0.1, -0.05) is 49.4 Å². The predicted molar refractivity (Wildman–Crippen MR) is 124 cm³/mol. The van der Waals surface area contributed by atoms with E-state index < -0.39 is 0 Å². The lowest BCUT2D eigenvalue weighted by atomic mass is 10.0. The van der Waals surface area contributed by atoms with Crippen molar-refractivity contribution in [1.82, 2.24) is 25.0 Å². The SMILES string of the molecule is CC[C@@H](c1ccccc1)n1cc(CC(=O)c2n[nH]c3cc(-c4cccnc4)ccc23)cn1. The molecule has 0 fully saturated rings. The maximum absolute atomic E-state index is 13.0. The van der Waals surface area contributed by atoms with E-state index in [1.165, 1.54) is 5.56 Å². The lowest BCUT2D eigenvalue weighted by Crippen LogP contribution is -2.10. The van der Waals surface area contributed by atoms with Crippen molar-refractivity contribution in [3.8, 4) is 11.1 Å². The standard InChI is InChI=1S/C26H23N5O/c1-2-24(19-7-4-3-5-8-19)31-17-18(15-28-31)13-25(32)26-22-11-10-20(14-23(22)29-30-26)21-9-6-12-27-16-21/h3-12,14-17,24H,2,13H2,1H3,(H,29,30)/t24-/m0/s1. The first-order chi connectivity index (χ1) is 15.7. The summed E-state index contributed by atoms with van der Waals surface area (Å²) in [6, 6.07) is 20.3. The second-order valence-electron chi connectivity index (χ2n) is 7.84. The van der Waals surface area contributed by atoms with Crippen molar-refractivity contribution in [1.29, 1.82) is 0 Å². The van der Waals surface area contributed by atoms with Gasteiger partial charge in [-0.2, -0.15) is 10.2 Å². The van der Waals surface area contributed by atoms with Crippen LogP contribution >= 0.6 is 0 Å². The molecule has 0 aliphatic carbocycles. The molecule has 3 heterocycles. The van der Waals surface area contributed by atoms with Crippen molar-refractivity contribution in [3.63, 3.8) is 0 Å². The minimum Gasteiger partial charge on any atom is -0.292 e. The van der Waals surface area contributed by atoms with Crippen LogP contribution in [0.15, 0.2) is 85.5 Å². The maximum atomic E-state index is 13.0. The summed E-state index contributed by atoms with van der Waals surface area (Å²) in [7, 11) is 0. The van der Waals surface area contributed by atoms with Gasteiger partial charge in [0.15, 0.2) is 5.78 Å². The highest BCUT2D eigenvalue weighted by atomic mass is 16.1. The lowest BCUT2D eigenvalue weighted by molar-refractivity contribution is 0.0989. The average Bonchev–Trinajstić information content (AvgIpc) is 3.47. The van der Waals surface area contributed by atoms with Gasteiger partial charge >= 0.3 is 0 Å². The smallest absolute Gasteiger partial charge is 0.188 e. The highest BCUT2D eigenvalue weighted by Gasteiger charge is 2.18. The molecule has 3 aromatic heterocycles. The summed E-state index contributed by atoms with van der Waals surface area (Å²) < 4.78 is 1.95. The van der Waals surface area contributed by atoms with E-state index in [1.807, 2.05) is 65.6 Å². The molecule has 158 valence electrons. The molecule has 2 aromatic carbocycles. The number of carbonyl (C=O) groups excluding carboxylic acids is 1. The van der Waals surface area contributed by atoms with Crippen LogP contribution in [0.4, 0.5) is 0 Å². The van der Waals surface area contributed by atoms with Crippen LogP contribution in [0.3, 0.4) is 0 Å². The molecule has 5 aromatic rings. The number of Topliss-reactive ketones (excluding diaryl/α,β-unsaturated/α-hetero) is 1. The van der Waals surface area contributed by atoms with Crippen molar-refractivity contribution >= 4 is 16.7 Å². The Morgan fingerprint density at radius 2 is 1.91 bits per heavy atom. The number of ketones is 1. The van der Waals surface area contributed by atoms with Crippen LogP contribution in [0.1, 0.15) is 41.0 Å². The first-order valence-corrected chi connectivity index (χ1v) is 10.7. The predicted octanol–water partition coefficient (Wildman–Crippen LogP) is 5.25. The number of carbonyl (C=O) groups is 1. The fourth-order valence-corrected chi connectivity index (χ4v) is 4.10. The molecule has 1 atom stereocenters. The number of nitrogens with one attached hydrogen (secondary N) is 1. The van der Waals surface area contributed by atoms with Gasteiger partial charge in [-0.05, 0) is 41.3 Å². The molecule has 0 saturated heterocycles. The minimum absolute atomic E-state index is 0.0299. The summed E-state index contributed by atoms with van der Waals surface area (Å²) in [5.74, 6) is -0.0299. The van der Waals surface area contributed by atoms with E-state index in [4.69, 9.17) is 0 Å². The number of fused-ring (bicyclic) bond motifs is 1. The zero-order chi connectivity index (χ0) is 21.9. The Morgan fingerprint density at radius 3 is 2.69 bits per heavy atom. The van der Waals surface area contributed by atoms with E-state index in [0.717, 1.165) is 34.0 Å². The highest BCUT2D eigenvalue weighted by molar-refractivity contribution is 6.07. The summed E-state index contributed by atoms with van der Waals surface area (Å²) in [5, 5.41) is 12.7. The van der Waals surface area contributed by atoms with E-state index in [2.05, 4.69) is 39.3 Å². The summed E-state index contributed by atoms with van der Waals surface area (Å²) >= 11 is 0. The molecule has 0 bridgehead atoms. The molecule has 32 heavy (non-hydrogen) atoms. The second kappa shape index (κ2) is 8.59. The molecular weight excluding hydrogens is 398 g/mol. The number of benzene rings is 2. The van der Waals surface area contributed by atoms with Crippen LogP contribution in [-0.2, 0) is 6.42 Å². The summed E-state index contributed by atoms with van der Waals surface area (Å²) in [5.41, 5.74) is 5.43. The maximum Gasteiger partial charge on any atom is 0.188 e. The normalized spacial score (nSPS) is 12.2. The third-order valence-electron chi connectivity index (χ3n) is 5.73. The fourth-order valence-electron chi connectivity index (χ4n) is 4.10. The van der Waals surface area contributed by atoms with Crippen molar-refractivity contribution < 1.29 is 4.79 Å². The monoisotopic (exact) mass is 421 g/mol. The lowest BCUT2D eigenvalue weighted by Gasteiger charge is -2.15. The Morgan fingerprint density at radius 1 is 1.03 bits per heavy atom. The van der Waals surface area contributed by atoms with Gasteiger partial charge in [0.05, 0.1) is 17.8 Å². The molecule has 0 spiro atoms. The average molecular weight is 422 g/mol. The van der Waals surface area contributed by atoms with E-state index in [9.17, 15) is 4.79 Å². The van der Waals surface area contributed by atoms with Gasteiger partial charge in [-0.3, -0.25) is 19.6 Å². The number of aromatic amines is 1. The zero-order valence-corrected chi connectivity index (χ0v) is 17.8. The van der Waals surface area contributed by atoms with Gasteiger partial charge in [0.2, 0.25) is 0 Å². The van der Waals surface area contributed by atoms with Gasteiger partial charge in [0, 0.05) is 36.0 Å². The van der Waals surface area contributed by atoms with Crippen LogP contribution in [0.5, 0.6) is 0 Å². The van der Waals surface area contributed by atoms with Gasteiger partial charge < -0.3 is 0 Å². The molecule has 6 heteroatoms. The number of nitrogens with zero attached hydrogens (tertiary/aromatic N) is 4. The van der Waals surface area contributed by atoms with Crippen molar-refractivity contribution in [3.05, 3.63) is 102 Å². The topological polar surface area (TPSA) is 76.5 Å². The van der Waals surface area contributed by atoms with E-state index in [1.54, 1.807) is 12.4 Å². The largest absolute Gasteiger partial charge is 0.292 e. The quantitative estimate of drug-likeness (QED) is 0.364. The van der Waals surface area contributed by atoms with Crippen LogP contribution in [0, 0.1) is 0 Å². The molecule has 0 aliphatic heterocycles. The number of pyridine rings is 1. The molecule has 0 amide bonds. The summed E-state index contributed by atoms with van der Waals surface area (Å²) in [6.07, 6.45) is 8.49. The first kappa shape index (κ1) is 19.9. The van der Waals surface area contributed by atoms with Crippen LogP contribution in [0.2, 0.25) is 0 Å². The van der Waals surface area contributed by atoms with Crippen LogP contribution < -0.4 is 0 Å². The molecule has 6 nitrogen and oxygen atoms in total. The van der Waals surface area contributed by atoms with Gasteiger partial charge in [-0.15, -0.1) is 0 Å². The van der Waals surface area contributed by atoms with E-state index in [-0.39, 0.29) is 18.2 Å². The van der Waals surface area contributed by atoms with Crippen molar-refractivity contribution in [2.45, 2.75) is 25.8 Å². The third kappa shape index (κ3) is 3.83. The summed E-state index contributed by atoms with van der Waals surface area (Å²) in [4.78, 5) is 17.2. The third-order valence-corrected chi connectivity index (χ3v) is 5.73. The van der Waals surface area contributed by atoms with Crippen molar-refractivity contribution in [2.24, 2.45) is 0 Å². The fraction of sp³-hybridized carbons (Fsp3) is 0.154. The number of aromatic nitrogens is 5. The number of hydrogen-bond acceptors (Lipinski definition) is 4. The Kier molecular flexibility index (Phi) is 5.34. The first-order valence-electron chi connectivity index (χ1n) is 10.7. The molecule has 0 unspecified atom stereocenters. The molecule has 0 aliphatic rings. The van der Waals surface area contributed by atoms with E-state index >= 15 is 0 Å². The Hall–Kier alpha value is -4.06. The second-order valence-corrected chi connectivity index (χ2v) is 7.84. The molecular formula is C26H23N5O. The molecule has 5 rings (SSSR count). The van der Waals surface area contributed by atoms with Gasteiger partial charge in [-0.25, -0.2) is 0 Å². The summed E-state index contributed by atoms with van der Waals surface area (Å²) in [6.45, 7) is 2.14. The Labute approximate surface area is 185 Å². The zero-order valence-electron chi connectivity index (χ0n) is 17.8. The van der Waals surface area contributed by atoms with Crippen molar-refractivity contribution in [2.75, 3.05) is 0 Å². The molecule has 1 N–H and O–H groups in total. The molecule has 0 radical (unpaired) electrons. The number of hydrogen-bond donors (Lipinski definition) is 1. The minimum atomic E-state index is -0.0299.